The van der Waals surface area contributed by atoms with Gasteiger partial charge in [-0.15, -0.1) is 0 Å². The van der Waals surface area contributed by atoms with E-state index in [1.54, 1.807) is 0 Å². The summed E-state index contributed by atoms with van der Waals surface area (Å²) in [5.41, 5.74) is -0.414. The van der Waals surface area contributed by atoms with Crippen molar-refractivity contribution in [3.05, 3.63) is 24.3 Å². The molecule has 0 radical (unpaired) electrons. The van der Waals surface area contributed by atoms with Crippen molar-refractivity contribution in [1.82, 2.24) is 10.2 Å². The molecule has 0 aromatic heterocycles. The Kier molecular flexibility index (Phi) is 6.66. The van der Waals surface area contributed by atoms with Crippen molar-refractivity contribution in [3.63, 3.8) is 0 Å². The lowest BCUT2D eigenvalue weighted by molar-refractivity contribution is -0.123. The van der Waals surface area contributed by atoms with E-state index in [9.17, 15) is 9.90 Å². The minimum Gasteiger partial charge on any atom is -0.485 e. The normalized spacial score (nSPS) is 17.6. The van der Waals surface area contributed by atoms with Crippen molar-refractivity contribution in [3.8, 4) is 5.75 Å². The highest BCUT2D eigenvalue weighted by Crippen LogP contribution is 2.24. The van der Waals surface area contributed by atoms with Crippen LogP contribution >= 0.6 is 0 Å². The van der Waals surface area contributed by atoms with E-state index < -0.39 is 17.1 Å². The monoisotopic (exact) mass is 363 g/mol. The molecule has 6 nitrogen and oxygen atoms in total. The van der Waals surface area contributed by atoms with E-state index in [0.29, 0.717) is 12.3 Å². The Hall–Kier alpha value is -1.63. The summed E-state index contributed by atoms with van der Waals surface area (Å²) in [6, 6.07) is 7.27. The van der Waals surface area contributed by atoms with Crippen molar-refractivity contribution in [2.75, 3.05) is 38.0 Å². The first-order valence-electron chi connectivity index (χ1n) is 9.29. The van der Waals surface area contributed by atoms with Gasteiger partial charge in [0.15, 0.2) is 0 Å². The number of aliphatic hydroxyl groups excluding tert-OH is 1. The first kappa shape index (κ1) is 20.7. The van der Waals surface area contributed by atoms with Crippen LogP contribution < -0.4 is 15.4 Å². The van der Waals surface area contributed by atoms with Crippen molar-refractivity contribution >= 4 is 11.6 Å². The number of hydrogen-bond acceptors (Lipinski definition) is 5. The summed E-state index contributed by atoms with van der Waals surface area (Å²) in [7, 11) is 0. The Labute approximate surface area is 156 Å². The van der Waals surface area contributed by atoms with Crippen LogP contribution in [-0.4, -0.2) is 60.3 Å². The minimum absolute atomic E-state index is 0.0297. The third-order valence-electron chi connectivity index (χ3n) is 4.62. The maximum atomic E-state index is 12.0. The molecule has 1 aliphatic heterocycles. The number of nitrogens with one attached hydrogen (secondary N) is 2. The van der Waals surface area contributed by atoms with Gasteiger partial charge in [0.25, 0.3) is 0 Å². The number of amides is 1. The number of anilines is 1. The standard InChI is InChI=1S/C20H33N3O3/c1-19(2,3)18(25)22-15-6-8-16(9-7-15)26-20(4,5)17(24)14-23-12-10-21-11-13-23/h6-9,17,21,24H,10-14H2,1-5H3,(H,22,25). The van der Waals surface area contributed by atoms with Gasteiger partial charge in [-0.05, 0) is 38.1 Å². The molecule has 0 bridgehead atoms. The van der Waals surface area contributed by atoms with Gasteiger partial charge < -0.3 is 20.5 Å². The summed E-state index contributed by atoms with van der Waals surface area (Å²) >= 11 is 0. The van der Waals surface area contributed by atoms with Gasteiger partial charge in [-0.2, -0.15) is 0 Å². The molecule has 1 fully saturated rings. The lowest BCUT2D eigenvalue weighted by Crippen LogP contribution is -2.52. The maximum absolute atomic E-state index is 12.0. The molecule has 1 amide bonds. The highest BCUT2D eigenvalue weighted by atomic mass is 16.5. The van der Waals surface area contributed by atoms with E-state index in [-0.39, 0.29) is 5.91 Å². The molecule has 0 spiro atoms. The van der Waals surface area contributed by atoms with E-state index in [0.717, 1.165) is 31.9 Å². The maximum Gasteiger partial charge on any atom is 0.229 e. The second kappa shape index (κ2) is 8.37. The summed E-state index contributed by atoms with van der Waals surface area (Å²) in [5.74, 6) is 0.640. The smallest absolute Gasteiger partial charge is 0.229 e. The number of carbonyl (C=O) groups excluding carboxylic acids is 1. The zero-order valence-corrected chi connectivity index (χ0v) is 16.6. The Morgan fingerprint density at radius 1 is 1.19 bits per heavy atom. The highest BCUT2D eigenvalue weighted by molar-refractivity contribution is 5.94. The van der Waals surface area contributed by atoms with Gasteiger partial charge in [0.1, 0.15) is 17.5 Å². The zero-order chi connectivity index (χ0) is 19.4. The van der Waals surface area contributed by atoms with Crippen molar-refractivity contribution in [1.29, 1.82) is 0 Å². The first-order chi connectivity index (χ1) is 12.1. The van der Waals surface area contributed by atoms with Gasteiger partial charge in [-0.25, -0.2) is 0 Å². The van der Waals surface area contributed by atoms with E-state index in [4.69, 9.17) is 4.74 Å². The molecule has 2 rings (SSSR count). The molecule has 1 aromatic carbocycles. The van der Waals surface area contributed by atoms with Crippen molar-refractivity contribution in [2.45, 2.75) is 46.3 Å². The number of benzene rings is 1. The average molecular weight is 364 g/mol. The molecule has 1 atom stereocenters. The highest BCUT2D eigenvalue weighted by Gasteiger charge is 2.32. The molecule has 26 heavy (non-hydrogen) atoms. The number of piperazine rings is 1. The third kappa shape index (κ3) is 5.97. The van der Waals surface area contributed by atoms with Crippen LogP contribution in [0.15, 0.2) is 24.3 Å². The van der Waals surface area contributed by atoms with Crippen LogP contribution in [0.2, 0.25) is 0 Å². The molecule has 1 unspecified atom stereocenters. The van der Waals surface area contributed by atoms with Crippen LogP contribution in [-0.2, 0) is 4.79 Å². The molecular formula is C20H33N3O3. The lowest BCUT2D eigenvalue weighted by atomic mass is 9.95. The second-order valence-electron chi connectivity index (χ2n) is 8.50. The number of β-amino-alcohol motifs (C(OH)–C–C–N with tert-alkyl or cyclic N) is 1. The summed E-state index contributed by atoms with van der Waals surface area (Å²) in [4.78, 5) is 14.3. The minimum atomic E-state index is -0.707. The summed E-state index contributed by atoms with van der Waals surface area (Å²) in [6.07, 6.45) is -0.596. The fourth-order valence-electron chi connectivity index (χ4n) is 2.65. The Bertz CT molecular complexity index is 587. The fourth-order valence-corrected chi connectivity index (χ4v) is 2.65. The van der Waals surface area contributed by atoms with Gasteiger partial charge in [-0.1, -0.05) is 20.8 Å². The van der Waals surface area contributed by atoms with Crippen LogP contribution in [0.3, 0.4) is 0 Å². The van der Waals surface area contributed by atoms with E-state index in [2.05, 4.69) is 15.5 Å². The Morgan fingerprint density at radius 3 is 2.31 bits per heavy atom. The van der Waals surface area contributed by atoms with Crippen LogP contribution in [0.4, 0.5) is 5.69 Å². The Balaban J connectivity index is 1.92. The Morgan fingerprint density at radius 2 is 1.77 bits per heavy atom. The predicted molar refractivity (Wildman–Crippen MR) is 105 cm³/mol. The summed E-state index contributed by atoms with van der Waals surface area (Å²) in [6.45, 7) is 13.8. The van der Waals surface area contributed by atoms with Crippen LogP contribution in [0, 0.1) is 5.41 Å². The molecule has 1 aromatic rings. The number of nitrogens with zero attached hydrogens (tertiary/aromatic N) is 1. The number of hydrogen-bond donors (Lipinski definition) is 3. The quantitative estimate of drug-likeness (QED) is 0.722. The molecule has 1 saturated heterocycles. The zero-order valence-electron chi connectivity index (χ0n) is 16.6. The average Bonchev–Trinajstić information content (AvgIpc) is 2.56. The topological polar surface area (TPSA) is 73.8 Å². The summed E-state index contributed by atoms with van der Waals surface area (Å²) in [5, 5.41) is 16.8. The van der Waals surface area contributed by atoms with Gasteiger partial charge in [0.2, 0.25) is 5.91 Å². The van der Waals surface area contributed by atoms with Gasteiger partial charge in [-0.3, -0.25) is 9.69 Å². The second-order valence-corrected chi connectivity index (χ2v) is 8.50. The number of aliphatic hydroxyl groups is 1. The van der Waals surface area contributed by atoms with E-state index in [1.165, 1.54) is 0 Å². The number of carbonyl (C=O) groups is 1. The molecule has 1 heterocycles. The van der Waals surface area contributed by atoms with Crippen LogP contribution in [0.5, 0.6) is 5.75 Å². The largest absolute Gasteiger partial charge is 0.485 e. The molecule has 3 N–H and O–H groups in total. The van der Waals surface area contributed by atoms with E-state index >= 15 is 0 Å². The third-order valence-corrected chi connectivity index (χ3v) is 4.62. The molecule has 146 valence electrons. The molecule has 1 aliphatic rings. The van der Waals surface area contributed by atoms with Gasteiger partial charge >= 0.3 is 0 Å². The lowest BCUT2D eigenvalue weighted by Gasteiger charge is -2.36. The van der Waals surface area contributed by atoms with Crippen LogP contribution in [0.1, 0.15) is 34.6 Å². The van der Waals surface area contributed by atoms with E-state index in [1.807, 2.05) is 58.9 Å². The van der Waals surface area contributed by atoms with Crippen molar-refractivity contribution in [2.24, 2.45) is 5.41 Å². The predicted octanol–water partition coefficient (Wildman–Crippen LogP) is 2.09. The number of ether oxygens (including phenoxy) is 1. The first-order valence-corrected chi connectivity index (χ1v) is 9.29. The molecular weight excluding hydrogens is 330 g/mol. The van der Waals surface area contributed by atoms with Gasteiger partial charge in [0.05, 0.1) is 0 Å². The fraction of sp³-hybridized carbons (Fsp3) is 0.650. The number of rotatable bonds is 6. The SMILES string of the molecule is CC(C)(C)C(=O)Nc1ccc(OC(C)(C)C(O)CN2CCNCC2)cc1. The van der Waals surface area contributed by atoms with Crippen molar-refractivity contribution < 1.29 is 14.6 Å². The molecule has 0 aliphatic carbocycles. The van der Waals surface area contributed by atoms with Gasteiger partial charge in [0, 0.05) is 43.8 Å². The molecule has 6 heteroatoms. The summed E-state index contributed by atoms with van der Waals surface area (Å²) < 4.78 is 6.03. The van der Waals surface area contributed by atoms with Crippen LogP contribution in [0.25, 0.3) is 0 Å². The molecule has 0 saturated carbocycles.